The second-order valence-corrected chi connectivity index (χ2v) is 4.92. The van der Waals surface area contributed by atoms with E-state index in [4.69, 9.17) is 0 Å². The molecule has 0 fully saturated rings. The topological polar surface area (TPSA) is 57.2 Å². The van der Waals surface area contributed by atoms with E-state index in [2.05, 4.69) is 0 Å². The second kappa shape index (κ2) is 5.93. The molecule has 17 heavy (non-hydrogen) atoms. The van der Waals surface area contributed by atoms with E-state index in [0.29, 0.717) is 5.39 Å². The van der Waals surface area contributed by atoms with E-state index >= 15 is 0 Å². The molecule has 0 saturated carbocycles. The molecule has 2 aromatic carbocycles. The minimum Gasteiger partial charge on any atom is -0.744 e. The summed E-state index contributed by atoms with van der Waals surface area (Å²) < 4.78 is 33.3. The van der Waals surface area contributed by atoms with Gasteiger partial charge in [0.2, 0.25) is 0 Å². The van der Waals surface area contributed by atoms with Crippen LogP contribution in [0.2, 0.25) is 0 Å². The first-order chi connectivity index (χ1) is 7.54. The number of rotatable bonds is 2. The first kappa shape index (κ1) is 15.3. The minimum atomic E-state index is -4.40. The van der Waals surface area contributed by atoms with E-state index in [1.54, 1.807) is 18.2 Å². The second-order valence-electron chi connectivity index (χ2n) is 3.58. The maximum Gasteiger partial charge on any atom is 1.00 e. The molecular formula is C12H11KO3S. The van der Waals surface area contributed by atoms with Crippen LogP contribution in [-0.2, 0) is 16.5 Å². The Labute approximate surface area is 143 Å². The van der Waals surface area contributed by atoms with E-state index < -0.39 is 10.1 Å². The number of hydrogen-bond acceptors (Lipinski definition) is 3. The Morgan fingerprint density at radius 1 is 1.06 bits per heavy atom. The molecule has 0 aliphatic rings. The van der Waals surface area contributed by atoms with E-state index in [1.807, 2.05) is 19.1 Å². The zero-order chi connectivity index (χ0) is 11.8. The Bertz CT molecular complexity index is 635. The fraction of sp³-hybridized carbons (Fsp3) is 0.167. The zero-order valence-corrected chi connectivity index (χ0v) is 13.7. The number of aryl methyl sites for hydroxylation is 1. The van der Waals surface area contributed by atoms with Gasteiger partial charge in [-0.05, 0) is 28.8 Å². The summed E-state index contributed by atoms with van der Waals surface area (Å²) in [5.74, 6) is 0. The van der Waals surface area contributed by atoms with E-state index in [0.717, 1.165) is 17.4 Å². The standard InChI is InChI=1S/C12H12O3S.K/c1-2-9-5-3-7-11-10(9)6-4-8-12(11)16(13,14)15;/h3-8H,2H2,1H3,(H,13,14,15);/q;+1/p-1. The quantitative estimate of drug-likeness (QED) is 0.538. The van der Waals surface area contributed by atoms with Gasteiger partial charge in [0.15, 0.2) is 0 Å². The van der Waals surface area contributed by atoms with Gasteiger partial charge in [-0.25, -0.2) is 8.42 Å². The Kier molecular flexibility index (Phi) is 5.33. The van der Waals surface area contributed by atoms with Crippen LogP contribution in [0.25, 0.3) is 10.8 Å². The van der Waals surface area contributed by atoms with Crippen molar-refractivity contribution in [3.63, 3.8) is 0 Å². The monoisotopic (exact) mass is 274 g/mol. The molecule has 0 atom stereocenters. The van der Waals surface area contributed by atoms with Crippen LogP contribution in [-0.4, -0.2) is 13.0 Å². The van der Waals surface area contributed by atoms with Crippen LogP contribution < -0.4 is 51.4 Å². The van der Waals surface area contributed by atoms with Gasteiger partial charge in [-0.2, -0.15) is 0 Å². The van der Waals surface area contributed by atoms with E-state index in [-0.39, 0.29) is 56.3 Å². The van der Waals surface area contributed by atoms with Crippen molar-refractivity contribution in [2.24, 2.45) is 0 Å². The van der Waals surface area contributed by atoms with Crippen molar-refractivity contribution in [1.29, 1.82) is 0 Å². The van der Waals surface area contributed by atoms with Crippen LogP contribution in [0.4, 0.5) is 0 Å². The van der Waals surface area contributed by atoms with Crippen LogP contribution in [0.3, 0.4) is 0 Å². The predicted molar refractivity (Wildman–Crippen MR) is 61.3 cm³/mol. The molecule has 0 radical (unpaired) electrons. The molecular weight excluding hydrogens is 263 g/mol. The zero-order valence-electron chi connectivity index (χ0n) is 9.80. The van der Waals surface area contributed by atoms with Crippen molar-refractivity contribution >= 4 is 20.9 Å². The molecule has 3 nitrogen and oxygen atoms in total. The minimum absolute atomic E-state index is 0. The molecule has 0 spiro atoms. The van der Waals surface area contributed by atoms with Gasteiger partial charge < -0.3 is 4.55 Å². The summed E-state index contributed by atoms with van der Waals surface area (Å²) in [6, 6.07) is 10.2. The van der Waals surface area contributed by atoms with Gasteiger partial charge in [0.1, 0.15) is 10.1 Å². The van der Waals surface area contributed by atoms with Gasteiger partial charge in [0, 0.05) is 0 Å². The van der Waals surface area contributed by atoms with Gasteiger partial charge >= 0.3 is 51.4 Å². The molecule has 0 aliphatic carbocycles. The predicted octanol–water partition coefficient (Wildman–Crippen LogP) is -0.690. The number of hydrogen-bond donors (Lipinski definition) is 0. The van der Waals surface area contributed by atoms with Crippen LogP contribution in [0, 0.1) is 0 Å². The van der Waals surface area contributed by atoms with Gasteiger partial charge in [-0.1, -0.05) is 37.3 Å². The van der Waals surface area contributed by atoms with Gasteiger partial charge in [-0.15, -0.1) is 0 Å². The van der Waals surface area contributed by atoms with E-state index in [9.17, 15) is 13.0 Å². The molecule has 0 aliphatic heterocycles. The van der Waals surface area contributed by atoms with Crippen molar-refractivity contribution in [2.45, 2.75) is 18.2 Å². The van der Waals surface area contributed by atoms with Gasteiger partial charge in [0.05, 0.1) is 4.90 Å². The average molecular weight is 274 g/mol. The first-order valence-electron chi connectivity index (χ1n) is 5.00. The van der Waals surface area contributed by atoms with Gasteiger partial charge in [0.25, 0.3) is 0 Å². The maximum absolute atomic E-state index is 11.1. The first-order valence-corrected chi connectivity index (χ1v) is 6.41. The van der Waals surface area contributed by atoms with Crippen LogP contribution >= 0.6 is 0 Å². The molecule has 0 heterocycles. The average Bonchev–Trinajstić information content (AvgIpc) is 2.26. The fourth-order valence-corrected chi connectivity index (χ4v) is 2.57. The van der Waals surface area contributed by atoms with Crippen LogP contribution in [0.5, 0.6) is 0 Å². The molecule has 0 saturated heterocycles. The molecule has 0 amide bonds. The molecule has 2 aromatic rings. The smallest absolute Gasteiger partial charge is 0.744 e. The SMILES string of the molecule is CCc1cccc2c(S(=O)(=O)[O-])cccc12.[K+]. The Balaban J connectivity index is 0.00000144. The molecule has 0 aromatic heterocycles. The summed E-state index contributed by atoms with van der Waals surface area (Å²) in [4.78, 5) is -0.139. The third-order valence-corrected chi connectivity index (χ3v) is 3.52. The fourth-order valence-electron chi connectivity index (χ4n) is 1.87. The van der Waals surface area contributed by atoms with E-state index in [1.165, 1.54) is 6.07 Å². The molecule has 0 bridgehead atoms. The van der Waals surface area contributed by atoms with Crippen molar-refractivity contribution in [1.82, 2.24) is 0 Å². The van der Waals surface area contributed by atoms with Crippen molar-refractivity contribution in [3.8, 4) is 0 Å². The normalized spacial score (nSPS) is 11.2. The van der Waals surface area contributed by atoms with Crippen molar-refractivity contribution in [2.75, 3.05) is 0 Å². The molecule has 5 heteroatoms. The molecule has 0 N–H and O–H groups in total. The van der Waals surface area contributed by atoms with Gasteiger partial charge in [-0.3, -0.25) is 0 Å². The van der Waals surface area contributed by atoms with Crippen LogP contribution in [0.15, 0.2) is 41.3 Å². The Morgan fingerprint density at radius 2 is 1.65 bits per heavy atom. The third-order valence-electron chi connectivity index (χ3n) is 2.62. The summed E-state index contributed by atoms with van der Waals surface area (Å²) in [5, 5.41) is 1.35. The number of benzene rings is 2. The Hall–Kier alpha value is 0.246. The largest absolute Gasteiger partial charge is 1.00 e. The summed E-state index contributed by atoms with van der Waals surface area (Å²) >= 11 is 0. The molecule has 2 rings (SSSR count). The Morgan fingerprint density at radius 3 is 2.24 bits per heavy atom. The molecule has 84 valence electrons. The third kappa shape index (κ3) is 3.17. The maximum atomic E-state index is 11.1. The number of fused-ring (bicyclic) bond motifs is 1. The van der Waals surface area contributed by atoms with Crippen LogP contribution in [0.1, 0.15) is 12.5 Å². The van der Waals surface area contributed by atoms with Crippen molar-refractivity contribution in [3.05, 3.63) is 42.0 Å². The summed E-state index contributed by atoms with van der Waals surface area (Å²) in [5.41, 5.74) is 1.04. The summed E-state index contributed by atoms with van der Waals surface area (Å²) in [7, 11) is -4.40. The summed E-state index contributed by atoms with van der Waals surface area (Å²) in [6.07, 6.45) is 0.805. The molecule has 0 unspecified atom stereocenters. The summed E-state index contributed by atoms with van der Waals surface area (Å²) in [6.45, 7) is 1.99. The van der Waals surface area contributed by atoms with Crippen molar-refractivity contribution < 1.29 is 64.4 Å².